The van der Waals surface area contributed by atoms with Crippen molar-refractivity contribution in [1.29, 1.82) is 0 Å². The monoisotopic (exact) mass is 303 g/mol. The van der Waals surface area contributed by atoms with Crippen molar-refractivity contribution < 1.29 is 39.1 Å². The fraction of sp³-hybridized carbons (Fsp3) is 0.583. The van der Waals surface area contributed by atoms with Crippen LogP contribution in [0.15, 0.2) is 16.5 Å². The zero-order valence-corrected chi connectivity index (χ0v) is 11.0. The van der Waals surface area contributed by atoms with E-state index < -0.39 is 43.2 Å². The Balaban J connectivity index is 1.96. The Morgan fingerprint density at radius 1 is 1.24 bits per heavy atom. The van der Waals surface area contributed by atoms with E-state index in [0.29, 0.717) is 0 Å². The van der Waals surface area contributed by atoms with E-state index >= 15 is 0 Å². The summed E-state index contributed by atoms with van der Waals surface area (Å²) in [6, 6.07) is 2.83. The third-order valence-corrected chi connectivity index (χ3v) is 3.14. The normalized spacial score (nSPS) is 33.0. The number of primary amides is 1. The number of carbonyl (C=O) groups excluding carboxylic acids is 1. The lowest BCUT2D eigenvalue weighted by Gasteiger charge is -2.39. The van der Waals surface area contributed by atoms with Gasteiger partial charge in [-0.2, -0.15) is 0 Å². The van der Waals surface area contributed by atoms with E-state index in [9.17, 15) is 20.1 Å². The first-order chi connectivity index (χ1) is 9.93. The molecule has 1 amide bonds. The fourth-order valence-corrected chi connectivity index (χ4v) is 1.96. The van der Waals surface area contributed by atoms with Crippen LogP contribution in [0.4, 0.5) is 0 Å². The maximum Gasteiger partial charge on any atom is 0.284 e. The summed E-state index contributed by atoms with van der Waals surface area (Å²) in [5.41, 5.74) is 5.03. The van der Waals surface area contributed by atoms with Crippen LogP contribution in [0.25, 0.3) is 0 Å². The lowest BCUT2D eigenvalue weighted by molar-refractivity contribution is -0.304. The van der Waals surface area contributed by atoms with Crippen molar-refractivity contribution in [3.8, 4) is 0 Å². The lowest BCUT2D eigenvalue weighted by atomic mass is 9.99. The second-order valence-electron chi connectivity index (χ2n) is 4.64. The van der Waals surface area contributed by atoms with Crippen molar-refractivity contribution >= 4 is 5.91 Å². The topological polar surface area (TPSA) is 156 Å². The van der Waals surface area contributed by atoms with Crippen molar-refractivity contribution in [2.45, 2.75) is 37.3 Å². The highest BCUT2D eigenvalue weighted by Crippen LogP contribution is 2.23. The molecule has 1 aliphatic heterocycles. The van der Waals surface area contributed by atoms with Gasteiger partial charge in [-0.05, 0) is 12.1 Å². The van der Waals surface area contributed by atoms with Gasteiger partial charge in [0.05, 0.1) is 6.61 Å². The first kappa shape index (κ1) is 15.9. The van der Waals surface area contributed by atoms with Gasteiger partial charge in [-0.15, -0.1) is 0 Å². The maximum absolute atomic E-state index is 10.9. The second kappa shape index (κ2) is 6.52. The molecule has 2 heterocycles. The highest BCUT2D eigenvalue weighted by molar-refractivity contribution is 5.89. The van der Waals surface area contributed by atoms with Gasteiger partial charge in [0, 0.05) is 0 Å². The van der Waals surface area contributed by atoms with Gasteiger partial charge >= 0.3 is 0 Å². The molecule has 118 valence electrons. The molecule has 1 fully saturated rings. The van der Waals surface area contributed by atoms with Gasteiger partial charge in [0.1, 0.15) is 36.8 Å². The first-order valence-electron chi connectivity index (χ1n) is 6.24. The van der Waals surface area contributed by atoms with Crippen molar-refractivity contribution in [2.75, 3.05) is 6.61 Å². The molecule has 6 N–H and O–H groups in total. The predicted molar refractivity (Wildman–Crippen MR) is 65.8 cm³/mol. The standard InChI is InChI=1S/C12H17NO8/c13-11(18)6-2-1-5(20-6)4-19-12-10(17)9(16)8(15)7(3-14)21-12/h1-2,7-10,12,14-17H,3-4H2,(H2,13,18)/t7-,8-,9+,10-,12-/m1/s1. The number of aliphatic hydroxyl groups excluding tert-OH is 4. The van der Waals surface area contributed by atoms with Crippen LogP contribution in [0.5, 0.6) is 0 Å². The smallest absolute Gasteiger partial charge is 0.284 e. The molecule has 0 aliphatic carbocycles. The molecule has 0 saturated carbocycles. The molecule has 0 unspecified atom stereocenters. The number of ether oxygens (including phenoxy) is 2. The fourth-order valence-electron chi connectivity index (χ4n) is 1.96. The molecule has 9 heteroatoms. The minimum Gasteiger partial charge on any atom is -0.453 e. The minimum absolute atomic E-state index is 0.0394. The Kier molecular flexibility index (Phi) is 4.93. The van der Waals surface area contributed by atoms with Crippen LogP contribution in [0.2, 0.25) is 0 Å². The molecule has 0 bridgehead atoms. The molecular formula is C12H17NO8. The third-order valence-electron chi connectivity index (χ3n) is 3.14. The van der Waals surface area contributed by atoms with E-state index in [4.69, 9.17) is 24.7 Å². The molecule has 1 aliphatic rings. The highest BCUT2D eigenvalue weighted by Gasteiger charge is 2.44. The predicted octanol–water partition coefficient (Wildman–Crippen LogP) is -2.30. The Morgan fingerprint density at radius 3 is 2.52 bits per heavy atom. The Labute approximate surface area is 119 Å². The molecular weight excluding hydrogens is 286 g/mol. The van der Waals surface area contributed by atoms with Gasteiger partial charge < -0.3 is 40.1 Å². The van der Waals surface area contributed by atoms with E-state index in [1.54, 1.807) is 0 Å². The first-order valence-corrected chi connectivity index (χ1v) is 6.24. The molecule has 2 rings (SSSR count). The van der Waals surface area contributed by atoms with Crippen LogP contribution in [0, 0.1) is 0 Å². The van der Waals surface area contributed by atoms with Crippen LogP contribution in [0.1, 0.15) is 16.3 Å². The average Bonchev–Trinajstić information content (AvgIpc) is 2.93. The van der Waals surface area contributed by atoms with Crippen LogP contribution in [0.3, 0.4) is 0 Å². The summed E-state index contributed by atoms with van der Waals surface area (Å²) in [5, 5.41) is 38.0. The van der Waals surface area contributed by atoms with E-state index in [0.717, 1.165) is 0 Å². The zero-order chi connectivity index (χ0) is 15.6. The van der Waals surface area contributed by atoms with Gasteiger partial charge in [0.2, 0.25) is 0 Å². The highest BCUT2D eigenvalue weighted by atomic mass is 16.7. The Morgan fingerprint density at radius 2 is 1.95 bits per heavy atom. The third kappa shape index (κ3) is 3.40. The largest absolute Gasteiger partial charge is 0.453 e. The lowest BCUT2D eigenvalue weighted by Crippen LogP contribution is -2.59. The number of rotatable bonds is 5. The van der Waals surface area contributed by atoms with E-state index in [-0.39, 0.29) is 18.1 Å². The summed E-state index contributed by atoms with van der Waals surface area (Å²) in [4.78, 5) is 10.9. The van der Waals surface area contributed by atoms with Crippen molar-refractivity contribution in [2.24, 2.45) is 5.73 Å². The Bertz CT molecular complexity index is 487. The van der Waals surface area contributed by atoms with E-state index in [1.165, 1.54) is 12.1 Å². The molecule has 0 aromatic carbocycles. The van der Waals surface area contributed by atoms with Crippen LogP contribution in [-0.2, 0) is 16.1 Å². The minimum atomic E-state index is -1.52. The molecule has 21 heavy (non-hydrogen) atoms. The number of hydrogen-bond donors (Lipinski definition) is 5. The quantitative estimate of drug-likeness (QED) is 0.406. The van der Waals surface area contributed by atoms with E-state index in [2.05, 4.69) is 0 Å². The zero-order valence-electron chi connectivity index (χ0n) is 11.0. The molecule has 1 saturated heterocycles. The molecule has 1 aromatic heterocycles. The van der Waals surface area contributed by atoms with Gasteiger partial charge in [0.25, 0.3) is 5.91 Å². The summed E-state index contributed by atoms with van der Waals surface area (Å²) < 4.78 is 15.4. The average molecular weight is 303 g/mol. The molecule has 1 aromatic rings. The van der Waals surface area contributed by atoms with Crippen molar-refractivity contribution in [3.05, 3.63) is 23.7 Å². The summed E-state index contributed by atoms with van der Waals surface area (Å²) in [6.45, 7) is -0.701. The SMILES string of the molecule is NC(=O)c1ccc(CO[C@@H]2O[C@H](CO)[C@@H](O)[C@H](O)[C@H]2O)o1. The molecule has 0 radical (unpaired) electrons. The second-order valence-corrected chi connectivity index (χ2v) is 4.64. The van der Waals surface area contributed by atoms with Crippen LogP contribution in [-0.4, -0.2) is 63.6 Å². The summed E-state index contributed by atoms with van der Waals surface area (Å²) in [5.74, 6) is -0.503. The number of hydrogen-bond acceptors (Lipinski definition) is 8. The summed E-state index contributed by atoms with van der Waals surface area (Å²) in [7, 11) is 0. The number of furan rings is 1. The van der Waals surface area contributed by atoms with Crippen LogP contribution < -0.4 is 5.73 Å². The maximum atomic E-state index is 10.9. The van der Waals surface area contributed by atoms with Crippen molar-refractivity contribution in [3.63, 3.8) is 0 Å². The molecule has 5 atom stereocenters. The van der Waals surface area contributed by atoms with Gasteiger partial charge in [-0.25, -0.2) is 0 Å². The summed E-state index contributed by atoms with van der Waals surface area (Å²) in [6.07, 6.45) is -6.77. The number of amides is 1. The number of aliphatic hydroxyl groups is 4. The number of nitrogens with two attached hydrogens (primary N) is 1. The Hall–Kier alpha value is -1.49. The van der Waals surface area contributed by atoms with Gasteiger partial charge in [-0.1, -0.05) is 0 Å². The van der Waals surface area contributed by atoms with Gasteiger partial charge in [-0.3, -0.25) is 4.79 Å². The summed E-state index contributed by atoms with van der Waals surface area (Å²) >= 11 is 0. The van der Waals surface area contributed by atoms with Crippen molar-refractivity contribution in [1.82, 2.24) is 0 Å². The number of carbonyl (C=O) groups is 1. The molecule has 9 nitrogen and oxygen atoms in total. The van der Waals surface area contributed by atoms with Crippen LogP contribution >= 0.6 is 0 Å². The molecule has 0 spiro atoms. The van der Waals surface area contributed by atoms with Gasteiger partial charge in [0.15, 0.2) is 12.1 Å². The van der Waals surface area contributed by atoms with E-state index in [1.807, 2.05) is 0 Å².